The minimum atomic E-state index is -2.45. The lowest BCUT2D eigenvalue weighted by Gasteiger charge is -2.41. The Kier molecular flexibility index (Phi) is 7.78. The molecule has 2 aliphatic carbocycles. The summed E-state index contributed by atoms with van der Waals surface area (Å²) in [4.78, 5) is 21.0. The lowest BCUT2D eigenvalue weighted by molar-refractivity contribution is -0.127. The molecule has 2 saturated heterocycles. The van der Waals surface area contributed by atoms with E-state index in [1.54, 1.807) is 0 Å². The van der Waals surface area contributed by atoms with E-state index in [4.69, 9.17) is 9.40 Å². The molecular formula is C32H46N4O4SSi. The third-order valence-corrected chi connectivity index (χ3v) is 15.4. The van der Waals surface area contributed by atoms with Gasteiger partial charge in [-0.1, -0.05) is 57.1 Å². The smallest absolute Gasteiger partial charge is 0.225 e. The number of nitrogens with zero attached hydrogens (tertiary/aromatic N) is 3. The summed E-state index contributed by atoms with van der Waals surface area (Å²) < 4.78 is 26.9. The molecule has 1 aromatic heterocycles. The second-order valence-corrected chi connectivity index (χ2v) is 22.1. The van der Waals surface area contributed by atoms with Crippen molar-refractivity contribution < 1.29 is 18.3 Å². The quantitative estimate of drug-likeness (QED) is 0.298. The van der Waals surface area contributed by atoms with Gasteiger partial charge in [-0.3, -0.25) is 13.9 Å². The van der Waals surface area contributed by atoms with E-state index >= 15 is 0 Å². The third kappa shape index (κ3) is 6.03. The molecule has 6 rings (SSSR count). The highest BCUT2D eigenvalue weighted by molar-refractivity contribution is 8.24. The summed E-state index contributed by atoms with van der Waals surface area (Å²) in [6.07, 6.45) is 7.31. The SMILES string of the molecule is CC1(c2nc(-c3ccc(N4CCS(O)(O)CC4)cc3)c([C@@H]3CCCC[C@H]3C(=O)NC3(C#N)CC3)o2)CC[Si](C)(C)CC1. The number of carbonyl (C=O) groups is 1. The molecular weight excluding hydrogens is 565 g/mol. The summed E-state index contributed by atoms with van der Waals surface area (Å²) in [5.74, 6) is 2.11. The van der Waals surface area contributed by atoms with Crippen LogP contribution in [0.1, 0.15) is 75.9 Å². The number of amides is 1. The zero-order valence-electron chi connectivity index (χ0n) is 25.3. The van der Waals surface area contributed by atoms with Crippen molar-refractivity contribution in [2.75, 3.05) is 29.5 Å². The number of rotatable bonds is 6. The molecule has 2 aliphatic heterocycles. The van der Waals surface area contributed by atoms with Gasteiger partial charge in [0.2, 0.25) is 11.8 Å². The van der Waals surface area contributed by atoms with Gasteiger partial charge < -0.3 is 14.6 Å². The summed E-state index contributed by atoms with van der Waals surface area (Å²) >= 11 is 0. The summed E-state index contributed by atoms with van der Waals surface area (Å²) in [7, 11) is -3.62. The van der Waals surface area contributed by atoms with E-state index in [0.29, 0.717) is 24.6 Å². The molecule has 4 fully saturated rings. The minimum Gasteiger partial charge on any atom is -0.444 e. The van der Waals surface area contributed by atoms with Crippen molar-refractivity contribution in [3.05, 3.63) is 35.9 Å². The largest absolute Gasteiger partial charge is 0.444 e. The fourth-order valence-electron chi connectivity index (χ4n) is 7.03. The number of aromatic nitrogens is 1. The van der Waals surface area contributed by atoms with Crippen LogP contribution in [0.15, 0.2) is 28.7 Å². The van der Waals surface area contributed by atoms with E-state index in [9.17, 15) is 19.2 Å². The van der Waals surface area contributed by atoms with Gasteiger partial charge in [0.05, 0.1) is 17.6 Å². The van der Waals surface area contributed by atoms with Crippen LogP contribution in [-0.4, -0.2) is 58.2 Å². The second-order valence-electron chi connectivity index (χ2n) is 14.4. The average molecular weight is 611 g/mol. The molecule has 42 heavy (non-hydrogen) atoms. The van der Waals surface area contributed by atoms with Crippen molar-refractivity contribution >= 4 is 30.3 Å². The van der Waals surface area contributed by atoms with Crippen LogP contribution in [0.3, 0.4) is 0 Å². The van der Waals surface area contributed by atoms with Gasteiger partial charge in [-0.05, 0) is 50.7 Å². The number of oxazole rings is 1. The van der Waals surface area contributed by atoms with E-state index < -0.39 is 24.2 Å². The van der Waals surface area contributed by atoms with Crippen LogP contribution in [0.5, 0.6) is 0 Å². The van der Waals surface area contributed by atoms with Gasteiger partial charge in [-0.15, -0.1) is 0 Å². The van der Waals surface area contributed by atoms with Gasteiger partial charge in [0.15, 0.2) is 0 Å². The number of benzene rings is 1. The van der Waals surface area contributed by atoms with E-state index in [1.807, 2.05) is 0 Å². The highest BCUT2D eigenvalue weighted by atomic mass is 32.3. The molecule has 1 aromatic carbocycles. The van der Waals surface area contributed by atoms with Gasteiger partial charge >= 0.3 is 0 Å². The lowest BCUT2D eigenvalue weighted by Crippen LogP contribution is -2.42. The first-order chi connectivity index (χ1) is 19.9. The molecule has 228 valence electrons. The highest BCUT2D eigenvalue weighted by Crippen LogP contribution is 2.48. The first-order valence-corrected chi connectivity index (χ1v) is 21.1. The Balaban J connectivity index is 1.33. The Hall–Kier alpha value is -2.32. The fraction of sp³-hybridized carbons (Fsp3) is 0.656. The maximum absolute atomic E-state index is 13.6. The molecule has 8 nitrogen and oxygen atoms in total. The van der Waals surface area contributed by atoms with Gasteiger partial charge in [0.25, 0.3) is 0 Å². The van der Waals surface area contributed by atoms with E-state index in [-0.39, 0.29) is 23.2 Å². The summed E-state index contributed by atoms with van der Waals surface area (Å²) in [6.45, 7) is 8.51. The van der Waals surface area contributed by atoms with Crippen molar-refractivity contribution in [2.45, 2.75) is 100 Å². The van der Waals surface area contributed by atoms with Crippen LogP contribution in [0.2, 0.25) is 25.2 Å². The van der Waals surface area contributed by atoms with Crippen LogP contribution in [0.25, 0.3) is 11.3 Å². The van der Waals surface area contributed by atoms with E-state index in [0.717, 1.165) is 80.0 Å². The predicted molar refractivity (Wildman–Crippen MR) is 171 cm³/mol. The molecule has 1 amide bonds. The van der Waals surface area contributed by atoms with Gasteiger partial charge in [0.1, 0.15) is 17.0 Å². The molecule has 3 heterocycles. The highest BCUT2D eigenvalue weighted by Gasteiger charge is 2.48. The standard InChI is InChI=1S/C32H46N4O4SSi/c1-31(14-20-42(2,3)21-15-31)30-34-27(23-8-10-24(11-9-23)36-16-18-41(38,39)19-17-36)28(40-30)25-6-4-5-7-26(25)29(37)35-32(22-33)12-13-32/h8-11,25-26,38-39H,4-7,12-21H2,1-3H3,(H,35,37)/t25-,26-/m1/s1. The topological polar surface area (TPSA) is 123 Å². The van der Waals surface area contributed by atoms with Crippen molar-refractivity contribution in [3.63, 3.8) is 0 Å². The number of carbonyl (C=O) groups excluding carboxylic acids is 1. The molecule has 2 atom stereocenters. The monoisotopic (exact) mass is 610 g/mol. The van der Waals surface area contributed by atoms with E-state index in [1.165, 1.54) is 12.1 Å². The number of nitriles is 1. The van der Waals surface area contributed by atoms with Crippen LogP contribution < -0.4 is 10.2 Å². The number of anilines is 1. The molecule has 3 N–H and O–H groups in total. The van der Waals surface area contributed by atoms with Crippen LogP contribution in [-0.2, 0) is 10.2 Å². The number of nitrogens with one attached hydrogen (secondary N) is 1. The van der Waals surface area contributed by atoms with Crippen LogP contribution in [0.4, 0.5) is 5.69 Å². The minimum absolute atomic E-state index is 0.0225. The summed E-state index contributed by atoms with van der Waals surface area (Å²) in [6, 6.07) is 13.2. The zero-order valence-corrected chi connectivity index (χ0v) is 27.1. The Labute approximate surface area is 252 Å². The number of hydrogen-bond acceptors (Lipinski definition) is 7. The molecule has 10 heteroatoms. The normalized spacial score (nSPS) is 28.3. The van der Waals surface area contributed by atoms with E-state index in [2.05, 4.69) is 60.6 Å². The molecule has 2 aromatic rings. The van der Waals surface area contributed by atoms with Gasteiger partial charge in [0, 0.05) is 49.7 Å². The first kappa shape index (κ1) is 29.7. The van der Waals surface area contributed by atoms with Gasteiger partial charge in [-0.25, -0.2) is 4.98 Å². The molecule has 2 saturated carbocycles. The molecule has 0 radical (unpaired) electrons. The maximum atomic E-state index is 13.6. The Morgan fingerprint density at radius 3 is 2.36 bits per heavy atom. The predicted octanol–water partition coefficient (Wildman–Crippen LogP) is 7.12. The van der Waals surface area contributed by atoms with Crippen LogP contribution in [0, 0.1) is 17.2 Å². The fourth-order valence-corrected chi connectivity index (χ4v) is 11.0. The zero-order chi connectivity index (χ0) is 29.8. The Bertz CT molecular complexity index is 1340. The summed E-state index contributed by atoms with van der Waals surface area (Å²) in [5.41, 5.74) is 2.10. The molecule has 0 bridgehead atoms. The van der Waals surface area contributed by atoms with Crippen molar-refractivity contribution in [2.24, 2.45) is 5.92 Å². The first-order valence-electron chi connectivity index (χ1n) is 15.8. The maximum Gasteiger partial charge on any atom is 0.225 e. The number of hydrogen-bond donors (Lipinski definition) is 3. The lowest BCUT2D eigenvalue weighted by atomic mass is 9.76. The summed E-state index contributed by atoms with van der Waals surface area (Å²) in [5, 5.41) is 12.7. The van der Waals surface area contributed by atoms with Crippen molar-refractivity contribution in [3.8, 4) is 17.3 Å². The Morgan fingerprint density at radius 2 is 1.74 bits per heavy atom. The molecule has 4 aliphatic rings. The van der Waals surface area contributed by atoms with Crippen LogP contribution >= 0.6 is 10.6 Å². The van der Waals surface area contributed by atoms with Crippen molar-refractivity contribution in [1.29, 1.82) is 5.26 Å². The van der Waals surface area contributed by atoms with Crippen molar-refractivity contribution in [1.82, 2.24) is 10.3 Å². The second kappa shape index (κ2) is 11.0. The third-order valence-electron chi connectivity index (χ3n) is 10.5. The average Bonchev–Trinajstić information content (AvgIpc) is 3.60. The Morgan fingerprint density at radius 1 is 1.10 bits per heavy atom. The molecule has 0 spiro atoms. The van der Waals surface area contributed by atoms with Gasteiger partial charge in [-0.2, -0.15) is 15.9 Å². The molecule has 0 unspecified atom stereocenters.